The second kappa shape index (κ2) is 7.73. The molecular weight excluding hydrogens is 394 g/mol. The second-order valence-corrected chi connectivity index (χ2v) is 10.8. The molecule has 2 aromatic rings. The van der Waals surface area contributed by atoms with Crippen molar-refractivity contribution in [1.82, 2.24) is 4.31 Å². The number of thioether (sulfide) groups is 1. The first-order chi connectivity index (χ1) is 13.2. The maximum absolute atomic E-state index is 13.2. The first-order valence-corrected chi connectivity index (χ1v) is 11.3. The molecule has 1 atom stereocenters. The van der Waals surface area contributed by atoms with Gasteiger partial charge in [-0.05, 0) is 42.7 Å². The lowest BCUT2D eigenvalue weighted by atomic mass is 10.0. The van der Waals surface area contributed by atoms with Gasteiger partial charge in [0.1, 0.15) is 6.04 Å². The summed E-state index contributed by atoms with van der Waals surface area (Å²) >= 11 is 1.48. The van der Waals surface area contributed by atoms with Crippen LogP contribution in [0.2, 0.25) is 0 Å². The number of carbonyl (C=O) groups is 1. The third kappa shape index (κ3) is 3.87. The van der Waals surface area contributed by atoms with E-state index >= 15 is 0 Å². The SMILES string of the molecule is C=Cc1ccc(-c2ccc(S(=O)(=O)N3CCSC(C)(C)[C@@H]3C(=O)O)cc2)cc1. The maximum Gasteiger partial charge on any atom is 0.323 e. The van der Waals surface area contributed by atoms with Crippen LogP contribution in [0, 0.1) is 0 Å². The van der Waals surface area contributed by atoms with Crippen molar-refractivity contribution in [2.24, 2.45) is 0 Å². The van der Waals surface area contributed by atoms with Gasteiger partial charge in [0, 0.05) is 17.0 Å². The molecule has 0 aromatic heterocycles. The Kier molecular flexibility index (Phi) is 5.70. The van der Waals surface area contributed by atoms with Gasteiger partial charge in [0.05, 0.1) is 4.90 Å². The fourth-order valence-corrected chi connectivity index (χ4v) is 6.50. The molecule has 1 saturated heterocycles. The van der Waals surface area contributed by atoms with Gasteiger partial charge in [0.25, 0.3) is 0 Å². The lowest BCUT2D eigenvalue weighted by Gasteiger charge is -2.42. The molecule has 0 bridgehead atoms. The molecule has 5 nitrogen and oxygen atoms in total. The van der Waals surface area contributed by atoms with Crippen LogP contribution in [-0.2, 0) is 14.8 Å². The van der Waals surface area contributed by atoms with Crippen molar-refractivity contribution in [3.05, 3.63) is 60.7 Å². The Morgan fingerprint density at radius 3 is 2.18 bits per heavy atom. The van der Waals surface area contributed by atoms with E-state index < -0.39 is 26.8 Å². The smallest absolute Gasteiger partial charge is 0.323 e. The highest BCUT2D eigenvalue weighted by atomic mass is 32.2. The van der Waals surface area contributed by atoms with Crippen LogP contribution in [-0.4, -0.2) is 46.9 Å². The molecular formula is C21H23NO4S2. The van der Waals surface area contributed by atoms with Crippen molar-refractivity contribution in [2.75, 3.05) is 12.3 Å². The fraction of sp³-hybridized carbons (Fsp3) is 0.286. The first-order valence-electron chi connectivity index (χ1n) is 8.88. The zero-order valence-corrected chi connectivity index (χ0v) is 17.5. The number of hydrogen-bond acceptors (Lipinski definition) is 4. The summed E-state index contributed by atoms with van der Waals surface area (Å²) in [4.78, 5) is 11.9. The monoisotopic (exact) mass is 417 g/mol. The number of benzene rings is 2. The van der Waals surface area contributed by atoms with E-state index in [1.807, 2.05) is 24.3 Å². The summed E-state index contributed by atoms with van der Waals surface area (Å²) < 4.78 is 26.7. The summed E-state index contributed by atoms with van der Waals surface area (Å²) in [6.07, 6.45) is 1.76. The average Bonchev–Trinajstić information content (AvgIpc) is 2.67. The quantitative estimate of drug-likeness (QED) is 0.797. The predicted octanol–water partition coefficient (Wildman–Crippen LogP) is 3.97. The zero-order chi connectivity index (χ0) is 20.5. The van der Waals surface area contributed by atoms with E-state index in [9.17, 15) is 18.3 Å². The van der Waals surface area contributed by atoms with Crippen LogP contribution < -0.4 is 0 Å². The Morgan fingerprint density at radius 1 is 1.14 bits per heavy atom. The number of aliphatic carboxylic acids is 1. The highest BCUT2D eigenvalue weighted by molar-refractivity contribution is 8.00. The summed E-state index contributed by atoms with van der Waals surface area (Å²) in [5.74, 6) is -0.566. The van der Waals surface area contributed by atoms with Crippen LogP contribution in [0.1, 0.15) is 19.4 Å². The van der Waals surface area contributed by atoms with Gasteiger partial charge in [-0.1, -0.05) is 49.1 Å². The molecule has 3 rings (SSSR count). The lowest BCUT2D eigenvalue weighted by molar-refractivity contribution is -0.142. The van der Waals surface area contributed by atoms with Gasteiger partial charge in [-0.15, -0.1) is 0 Å². The Bertz CT molecular complexity index is 980. The molecule has 0 saturated carbocycles. The van der Waals surface area contributed by atoms with Crippen LogP contribution in [0.25, 0.3) is 17.2 Å². The molecule has 0 radical (unpaired) electrons. The summed E-state index contributed by atoms with van der Waals surface area (Å²) in [5, 5.41) is 9.66. The summed E-state index contributed by atoms with van der Waals surface area (Å²) in [5.41, 5.74) is 2.86. The molecule has 1 aliphatic rings. The largest absolute Gasteiger partial charge is 0.480 e. The minimum Gasteiger partial charge on any atom is -0.480 e. The summed E-state index contributed by atoms with van der Waals surface area (Å²) in [6.45, 7) is 7.45. The van der Waals surface area contributed by atoms with Crippen molar-refractivity contribution < 1.29 is 18.3 Å². The van der Waals surface area contributed by atoms with Crippen LogP contribution in [0.15, 0.2) is 60.0 Å². The number of sulfonamides is 1. The van der Waals surface area contributed by atoms with Gasteiger partial charge in [-0.2, -0.15) is 16.1 Å². The van der Waals surface area contributed by atoms with Gasteiger partial charge in [-0.3, -0.25) is 4.79 Å². The fourth-order valence-electron chi connectivity index (χ4n) is 3.40. The van der Waals surface area contributed by atoms with E-state index in [1.54, 1.807) is 44.2 Å². The van der Waals surface area contributed by atoms with E-state index in [0.717, 1.165) is 21.0 Å². The van der Waals surface area contributed by atoms with Crippen LogP contribution in [0.5, 0.6) is 0 Å². The van der Waals surface area contributed by atoms with E-state index in [4.69, 9.17) is 0 Å². The normalized spacial score (nSPS) is 19.9. The Hall–Kier alpha value is -2.09. The number of hydrogen-bond donors (Lipinski definition) is 1. The predicted molar refractivity (Wildman–Crippen MR) is 114 cm³/mol. The molecule has 1 aliphatic heterocycles. The van der Waals surface area contributed by atoms with Crippen molar-refractivity contribution in [3.8, 4) is 11.1 Å². The molecule has 0 amide bonds. The molecule has 1 heterocycles. The molecule has 1 fully saturated rings. The summed E-state index contributed by atoms with van der Waals surface area (Å²) in [6, 6.07) is 13.2. The van der Waals surface area contributed by atoms with Crippen molar-refractivity contribution in [2.45, 2.75) is 29.5 Å². The number of nitrogens with zero attached hydrogens (tertiary/aromatic N) is 1. The maximum atomic E-state index is 13.2. The average molecular weight is 418 g/mol. The van der Waals surface area contributed by atoms with Gasteiger partial charge in [0.15, 0.2) is 0 Å². The highest BCUT2D eigenvalue weighted by Crippen LogP contribution is 2.38. The van der Waals surface area contributed by atoms with E-state index in [2.05, 4.69) is 6.58 Å². The van der Waals surface area contributed by atoms with Gasteiger partial charge in [0.2, 0.25) is 10.0 Å². The molecule has 0 unspecified atom stereocenters. The van der Waals surface area contributed by atoms with Crippen molar-refractivity contribution >= 4 is 33.8 Å². The molecule has 148 valence electrons. The highest BCUT2D eigenvalue weighted by Gasteiger charge is 2.48. The Labute approximate surface area is 170 Å². The minimum atomic E-state index is -3.91. The summed E-state index contributed by atoms with van der Waals surface area (Å²) in [7, 11) is -3.91. The topological polar surface area (TPSA) is 74.7 Å². The standard InChI is InChI=1S/C21H23NO4S2/c1-4-15-5-7-16(8-6-15)17-9-11-18(12-10-17)28(25,26)22-13-14-27-21(2,3)19(22)20(23)24/h4-12,19H,1,13-14H2,2-3H3,(H,23,24)/t19-/m0/s1. The van der Waals surface area contributed by atoms with Crippen LogP contribution in [0.3, 0.4) is 0 Å². The molecule has 0 aliphatic carbocycles. The van der Waals surface area contributed by atoms with Crippen molar-refractivity contribution in [1.29, 1.82) is 0 Å². The Morgan fingerprint density at radius 2 is 1.68 bits per heavy atom. The third-order valence-electron chi connectivity index (χ3n) is 4.91. The van der Waals surface area contributed by atoms with E-state index in [-0.39, 0.29) is 11.4 Å². The third-order valence-corrected chi connectivity index (χ3v) is 8.14. The number of carboxylic acid groups (broad SMARTS) is 1. The molecule has 7 heteroatoms. The first kappa shape index (κ1) is 20.6. The minimum absolute atomic E-state index is 0.105. The van der Waals surface area contributed by atoms with Gasteiger partial charge >= 0.3 is 5.97 Å². The van der Waals surface area contributed by atoms with Crippen LogP contribution in [0.4, 0.5) is 0 Å². The second-order valence-electron chi connectivity index (χ2n) is 7.16. The van der Waals surface area contributed by atoms with Crippen molar-refractivity contribution in [3.63, 3.8) is 0 Å². The van der Waals surface area contributed by atoms with Gasteiger partial charge < -0.3 is 5.11 Å². The lowest BCUT2D eigenvalue weighted by Crippen LogP contribution is -2.58. The molecule has 2 aromatic carbocycles. The number of carboxylic acids is 1. The molecule has 0 spiro atoms. The zero-order valence-electron chi connectivity index (χ0n) is 15.8. The van der Waals surface area contributed by atoms with E-state index in [0.29, 0.717) is 5.75 Å². The van der Waals surface area contributed by atoms with Gasteiger partial charge in [-0.25, -0.2) is 8.42 Å². The number of rotatable bonds is 5. The van der Waals surface area contributed by atoms with E-state index in [1.165, 1.54) is 11.8 Å². The molecule has 28 heavy (non-hydrogen) atoms. The Balaban J connectivity index is 1.93. The van der Waals surface area contributed by atoms with Crippen LogP contribution >= 0.6 is 11.8 Å². The molecule has 1 N–H and O–H groups in total.